The highest BCUT2D eigenvalue weighted by Crippen LogP contribution is 2.27. The third-order valence-corrected chi connectivity index (χ3v) is 4.70. The van der Waals surface area contributed by atoms with Gasteiger partial charge in [0.2, 0.25) is 0 Å². The highest BCUT2D eigenvalue weighted by Gasteiger charge is 2.30. The maximum Gasteiger partial charge on any atom is 0.272 e. The number of imidazole rings is 1. The van der Waals surface area contributed by atoms with E-state index in [1.54, 1.807) is 4.57 Å². The van der Waals surface area contributed by atoms with Crippen LogP contribution in [-0.4, -0.2) is 39.8 Å². The summed E-state index contributed by atoms with van der Waals surface area (Å²) in [6, 6.07) is 3.07. The lowest BCUT2D eigenvalue weighted by molar-refractivity contribution is 0.0778. The summed E-state index contributed by atoms with van der Waals surface area (Å²) in [7, 11) is 0. The predicted molar refractivity (Wildman–Crippen MR) is 95.0 cm³/mol. The molecule has 0 saturated heterocycles. The van der Waals surface area contributed by atoms with Gasteiger partial charge in [0.1, 0.15) is 5.82 Å². The van der Waals surface area contributed by atoms with E-state index in [-0.39, 0.29) is 24.3 Å². The number of halogens is 2. The number of ether oxygens (including phenoxy) is 1. The van der Waals surface area contributed by atoms with Crippen LogP contribution in [0.1, 0.15) is 37.0 Å². The molecule has 0 radical (unpaired) electrons. The SMILES string of the molecule is CC(C)(C)C(CO)NC(=O)c1nc(-c2ccc(F)c(F)c2)n2c1COCC2. The van der Waals surface area contributed by atoms with Crippen molar-refractivity contribution in [2.45, 2.75) is 40.0 Å². The summed E-state index contributed by atoms with van der Waals surface area (Å²) in [6.07, 6.45) is 0. The molecule has 0 spiro atoms. The Morgan fingerprint density at radius 2 is 2.11 bits per heavy atom. The second kappa shape index (κ2) is 7.36. The van der Waals surface area contributed by atoms with E-state index in [1.165, 1.54) is 6.07 Å². The van der Waals surface area contributed by atoms with E-state index in [9.17, 15) is 18.7 Å². The molecule has 3 rings (SSSR count). The smallest absolute Gasteiger partial charge is 0.272 e. The minimum atomic E-state index is -0.976. The van der Waals surface area contributed by atoms with Gasteiger partial charge in [-0.3, -0.25) is 4.79 Å². The van der Waals surface area contributed by atoms with E-state index in [0.29, 0.717) is 30.2 Å². The van der Waals surface area contributed by atoms with Crippen molar-refractivity contribution in [3.8, 4) is 11.4 Å². The molecule has 2 heterocycles. The van der Waals surface area contributed by atoms with Gasteiger partial charge in [-0.15, -0.1) is 0 Å². The average molecular weight is 379 g/mol. The largest absolute Gasteiger partial charge is 0.394 e. The Labute approximate surface area is 156 Å². The van der Waals surface area contributed by atoms with E-state index in [1.807, 2.05) is 20.8 Å². The molecule has 0 aliphatic carbocycles. The summed E-state index contributed by atoms with van der Waals surface area (Å²) in [5, 5.41) is 12.4. The van der Waals surface area contributed by atoms with Gasteiger partial charge in [0.25, 0.3) is 5.91 Å². The molecule has 1 aromatic carbocycles. The van der Waals surface area contributed by atoms with Crippen molar-refractivity contribution in [3.05, 3.63) is 41.2 Å². The number of rotatable bonds is 4. The average Bonchev–Trinajstić information content (AvgIpc) is 3.00. The summed E-state index contributed by atoms with van der Waals surface area (Å²) in [4.78, 5) is 17.2. The van der Waals surface area contributed by atoms with Crippen LogP contribution in [0.5, 0.6) is 0 Å². The summed E-state index contributed by atoms with van der Waals surface area (Å²) in [5.41, 5.74) is 0.774. The fourth-order valence-electron chi connectivity index (χ4n) is 3.00. The monoisotopic (exact) mass is 379 g/mol. The lowest BCUT2D eigenvalue weighted by Gasteiger charge is -2.29. The first kappa shape index (κ1) is 19.4. The van der Waals surface area contributed by atoms with Gasteiger partial charge >= 0.3 is 0 Å². The molecule has 1 aliphatic rings. The first-order chi connectivity index (χ1) is 12.7. The number of fused-ring (bicyclic) bond motifs is 1. The van der Waals surface area contributed by atoms with Gasteiger partial charge in [-0.05, 0) is 23.6 Å². The molecule has 6 nitrogen and oxygen atoms in total. The van der Waals surface area contributed by atoms with Crippen LogP contribution in [0, 0.1) is 17.0 Å². The fraction of sp³-hybridized carbons (Fsp3) is 0.474. The number of nitrogens with one attached hydrogen (secondary N) is 1. The minimum absolute atomic E-state index is 0.164. The molecule has 8 heteroatoms. The highest BCUT2D eigenvalue weighted by atomic mass is 19.2. The molecule has 1 amide bonds. The number of aliphatic hydroxyl groups excluding tert-OH is 1. The third-order valence-electron chi connectivity index (χ3n) is 4.70. The zero-order valence-corrected chi connectivity index (χ0v) is 15.6. The summed E-state index contributed by atoms with van der Waals surface area (Å²) < 4.78 is 34.2. The molecule has 0 fully saturated rings. The van der Waals surface area contributed by atoms with E-state index in [2.05, 4.69) is 10.3 Å². The van der Waals surface area contributed by atoms with Crippen molar-refractivity contribution in [3.63, 3.8) is 0 Å². The molecular formula is C19H23F2N3O3. The Morgan fingerprint density at radius 3 is 2.74 bits per heavy atom. The van der Waals surface area contributed by atoms with Crippen LogP contribution in [-0.2, 0) is 17.9 Å². The van der Waals surface area contributed by atoms with Gasteiger partial charge in [-0.1, -0.05) is 20.8 Å². The summed E-state index contributed by atoms with van der Waals surface area (Å²) in [5.74, 6) is -1.97. The number of nitrogens with zero attached hydrogens (tertiary/aromatic N) is 2. The van der Waals surface area contributed by atoms with Crippen molar-refractivity contribution in [1.82, 2.24) is 14.9 Å². The second-order valence-electron chi connectivity index (χ2n) is 7.64. The Balaban J connectivity index is 2.00. The van der Waals surface area contributed by atoms with Crippen LogP contribution in [0.3, 0.4) is 0 Å². The molecule has 146 valence electrons. The van der Waals surface area contributed by atoms with Crippen molar-refractivity contribution >= 4 is 5.91 Å². The number of carbonyl (C=O) groups is 1. The molecule has 1 atom stereocenters. The molecule has 1 aliphatic heterocycles. The van der Waals surface area contributed by atoms with Crippen LogP contribution in [0.2, 0.25) is 0 Å². The van der Waals surface area contributed by atoms with E-state index < -0.39 is 23.6 Å². The molecule has 2 aromatic rings. The van der Waals surface area contributed by atoms with E-state index in [0.717, 1.165) is 12.1 Å². The standard InChI is InChI=1S/C19H23F2N3O3/c1-19(2,3)15(9-25)22-18(26)16-14-10-27-7-6-24(14)17(23-16)11-4-5-12(20)13(21)8-11/h4-5,8,15,25H,6-7,9-10H2,1-3H3,(H,22,26). The molecule has 2 N–H and O–H groups in total. The minimum Gasteiger partial charge on any atom is -0.394 e. The van der Waals surface area contributed by atoms with Crippen molar-refractivity contribution in [2.75, 3.05) is 13.2 Å². The maximum atomic E-state index is 13.7. The van der Waals surface area contributed by atoms with E-state index in [4.69, 9.17) is 4.74 Å². The van der Waals surface area contributed by atoms with Gasteiger partial charge in [0.15, 0.2) is 17.3 Å². The maximum absolute atomic E-state index is 13.7. The van der Waals surface area contributed by atoms with Crippen LogP contribution in [0.4, 0.5) is 8.78 Å². The lowest BCUT2D eigenvalue weighted by Crippen LogP contribution is -2.46. The summed E-state index contributed by atoms with van der Waals surface area (Å²) in [6.45, 7) is 6.59. The normalized spacial score (nSPS) is 15.3. The Kier molecular flexibility index (Phi) is 5.30. The van der Waals surface area contributed by atoms with Crippen molar-refractivity contribution < 1.29 is 23.4 Å². The molecule has 1 aromatic heterocycles. The Morgan fingerprint density at radius 1 is 1.37 bits per heavy atom. The van der Waals surface area contributed by atoms with Crippen LogP contribution < -0.4 is 5.32 Å². The van der Waals surface area contributed by atoms with Crippen molar-refractivity contribution in [2.24, 2.45) is 5.41 Å². The topological polar surface area (TPSA) is 76.4 Å². The number of benzene rings is 1. The number of amides is 1. The zero-order valence-electron chi connectivity index (χ0n) is 15.6. The van der Waals surface area contributed by atoms with Gasteiger partial charge in [0, 0.05) is 12.1 Å². The number of aromatic nitrogens is 2. The first-order valence-corrected chi connectivity index (χ1v) is 8.76. The predicted octanol–water partition coefficient (Wildman–Crippen LogP) is 2.50. The number of carbonyl (C=O) groups excluding carboxylic acids is 1. The quantitative estimate of drug-likeness (QED) is 0.856. The van der Waals surface area contributed by atoms with Crippen molar-refractivity contribution in [1.29, 1.82) is 0 Å². The number of hydrogen-bond acceptors (Lipinski definition) is 4. The van der Waals surface area contributed by atoms with Gasteiger partial charge < -0.3 is 19.7 Å². The molecule has 1 unspecified atom stereocenters. The zero-order chi connectivity index (χ0) is 19.8. The Hall–Kier alpha value is -2.32. The number of hydrogen-bond donors (Lipinski definition) is 2. The molecule has 0 saturated carbocycles. The van der Waals surface area contributed by atoms with Crippen LogP contribution in [0.15, 0.2) is 18.2 Å². The lowest BCUT2D eigenvalue weighted by atomic mass is 9.87. The second-order valence-corrected chi connectivity index (χ2v) is 7.64. The highest BCUT2D eigenvalue weighted by molar-refractivity contribution is 5.94. The van der Waals surface area contributed by atoms with Gasteiger partial charge in [-0.25, -0.2) is 13.8 Å². The van der Waals surface area contributed by atoms with Gasteiger partial charge in [0.05, 0.1) is 31.6 Å². The van der Waals surface area contributed by atoms with Crippen LogP contribution in [0.25, 0.3) is 11.4 Å². The third kappa shape index (κ3) is 3.86. The Bertz CT molecular complexity index is 859. The fourth-order valence-corrected chi connectivity index (χ4v) is 3.00. The van der Waals surface area contributed by atoms with Gasteiger partial charge in [-0.2, -0.15) is 0 Å². The number of aliphatic hydroxyl groups is 1. The molecule has 0 bridgehead atoms. The summed E-state index contributed by atoms with van der Waals surface area (Å²) >= 11 is 0. The first-order valence-electron chi connectivity index (χ1n) is 8.76. The molecular weight excluding hydrogens is 356 g/mol. The van der Waals surface area contributed by atoms with Crippen LogP contribution >= 0.6 is 0 Å². The molecule has 27 heavy (non-hydrogen) atoms. The van der Waals surface area contributed by atoms with E-state index >= 15 is 0 Å².